The largest absolute Gasteiger partial charge is 0.332 e. The predicted octanol–water partition coefficient (Wildman–Crippen LogP) is 3.20. The van der Waals surface area contributed by atoms with Crippen molar-refractivity contribution in [2.75, 3.05) is 6.54 Å². The lowest BCUT2D eigenvalue weighted by atomic mass is 10.00. The minimum absolute atomic E-state index is 0.0364. The Morgan fingerprint density at radius 2 is 2.30 bits per heavy atom. The van der Waals surface area contributed by atoms with Crippen LogP contribution in [0.1, 0.15) is 42.5 Å². The Bertz CT molecular complexity index is 718. The highest BCUT2D eigenvalue weighted by Crippen LogP contribution is 2.30. The molecule has 0 bridgehead atoms. The minimum atomic E-state index is -0.404. The quantitative estimate of drug-likeness (QED) is 0.936. The topological polar surface area (TPSA) is 61.9 Å². The van der Waals surface area contributed by atoms with E-state index in [9.17, 15) is 9.18 Å². The average Bonchev–Trinajstić information content (AvgIpc) is 2.96. The van der Waals surface area contributed by atoms with Crippen LogP contribution in [0.3, 0.4) is 0 Å². The molecule has 2 aromatic rings. The number of aromatic nitrogens is 3. The summed E-state index contributed by atoms with van der Waals surface area (Å²) in [5.41, 5.74) is 0.633. The van der Waals surface area contributed by atoms with Gasteiger partial charge in [-0.15, -0.1) is 0 Å². The van der Waals surface area contributed by atoms with Gasteiger partial charge in [-0.25, -0.2) is 9.37 Å². The highest BCUT2D eigenvalue weighted by molar-refractivity contribution is 6.31. The van der Waals surface area contributed by atoms with Crippen LogP contribution >= 0.6 is 11.6 Å². The second kappa shape index (κ2) is 6.66. The average molecular weight is 337 g/mol. The van der Waals surface area contributed by atoms with Crippen molar-refractivity contribution in [3.63, 3.8) is 0 Å². The minimum Gasteiger partial charge on any atom is -0.332 e. The van der Waals surface area contributed by atoms with Crippen LogP contribution in [-0.2, 0) is 11.2 Å². The molecule has 0 saturated carbocycles. The zero-order valence-corrected chi connectivity index (χ0v) is 13.6. The molecule has 2 heterocycles. The number of piperidine rings is 1. The highest BCUT2D eigenvalue weighted by atomic mass is 35.5. The van der Waals surface area contributed by atoms with E-state index in [2.05, 4.69) is 15.2 Å². The molecule has 1 aromatic carbocycles. The third-order valence-corrected chi connectivity index (χ3v) is 4.44. The van der Waals surface area contributed by atoms with Gasteiger partial charge in [-0.2, -0.15) is 5.10 Å². The third kappa shape index (κ3) is 3.52. The second-order valence-corrected chi connectivity index (χ2v) is 6.20. The summed E-state index contributed by atoms with van der Waals surface area (Å²) in [5.74, 6) is 0.948. The lowest BCUT2D eigenvalue weighted by Crippen LogP contribution is -2.39. The first-order valence-electron chi connectivity index (χ1n) is 7.67. The molecule has 1 saturated heterocycles. The first kappa shape index (κ1) is 15.9. The molecule has 1 aliphatic rings. The van der Waals surface area contributed by atoms with E-state index in [-0.39, 0.29) is 23.4 Å². The number of aryl methyl sites for hydroxylation is 1. The molecule has 1 N–H and O–H groups in total. The Morgan fingerprint density at radius 3 is 3.00 bits per heavy atom. The Morgan fingerprint density at radius 1 is 1.48 bits per heavy atom. The molecule has 3 rings (SSSR count). The summed E-state index contributed by atoms with van der Waals surface area (Å²) in [7, 11) is 0. The van der Waals surface area contributed by atoms with Crippen molar-refractivity contribution < 1.29 is 9.18 Å². The van der Waals surface area contributed by atoms with Crippen molar-refractivity contribution in [1.29, 1.82) is 0 Å². The molecule has 0 spiro atoms. The lowest BCUT2D eigenvalue weighted by molar-refractivity contribution is -0.134. The molecule has 1 unspecified atom stereocenters. The van der Waals surface area contributed by atoms with Gasteiger partial charge in [0.05, 0.1) is 12.5 Å². The van der Waals surface area contributed by atoms with Crippen LogP contribution in [0.15, 0.2) is 18.2 Å². The maximum atomic E-state index is 13.1. The second-order valence-electron chi connectivity index (χ2n) is 5.79. The Labute approximate surface area is 138 Å². The number of benzene rings is 1. The molecular formula is C16H18ClFN4O. The number of aromatic amines is 1. The van der Waals surface area contributed by atoms with Crippen LogP contribution in [0.4, 0.5) is 4.39 Å². The Hall–Kier alpha value is -1.95. The molecule has 1 aliphatic heterocycles. The molecule has 1 aromatic heterocycles. The Kier molecular flexibility index (Phi) is 4.61. The zero-order valence-electron chi connectivity index (χ0n) is 12.9. The summed E-state index contributed by atoms with van der Waals surface area (Å²) in [6, 6.07) is 4.00. The first-order chi connectivity index (χ1) is 11.0. The molecule has 1 amide bonds. The number of hydrogen-bond donors (Lipinski definition) is 1. The molecule has 5 nitrogen and oxygen atoms in total. The summed E-state index contributed by atoms with van der Waals surface area (Å²) in [6.07, 6.45) is 3.00. The van der Waals surface area contributed by atoms with Gasteiger partial charge in [0.25, 0.3) is 0 Å². The van der Waals surface area contributed by atoms with Gasteiger partial charge in [-0.3, -0.25) is 9.89 Å². The third-order valence-electron chi connectivity index (χ3n) is 4.09. The monoisotopic (exact) mass is 336 g/mol. The summed E-state index contributed by atoms with van der Waals surface area (Å²) in [5, 5.41) is 7.31. The molecule has 23 heavy (non-hydrogen) atoms. The van der Waals surface area contributed by atoms with Gasteiger partial charge in [-0.05, 0) is 43.9 Å². The van der Waals surface area contributed by atoms with Crippen molar-refractivity contribution in [2.45, 2.75) is 38.6 Å². The fraction of sp³-hybridized carbons (Fsp3) is 0.438. The standard InChI is InChI=1S/C16H18ClFN4O/c1-10-19-16(21-20-10)14-4-2-3-7-22(14)15(23)8-11-5-6-12(18)9-13(11)17/h5-6,9,14H,2-4,7-8H2,1H3,(H,19,20,21). The number of nitrogens with one attached hydrogen (secondary N) is 1. The van der Waals surface area contributed by atoms with Gasteiger partial charge >= 0.3 is 0 Å². The summed E-state index contributed by atoms with van der Waals surface area (Å²) >= 11 is 6.03. The van der Waals surface area contributed by atoms with E-state index in [1.807, 2.05) is 11.8 Å². The van der Waals surface area contributed by atoms with Gasteiger partial charge in [-0.1, -0.05) is 17.7 Å². The number of nitrogens with zero attached hydrogens (tertiary/aromatic N) is 3. The number of rotatable bonds is 3. The zero-order chi connectivity index (χ0) is 16.4. The number of carbonyl (C=O) groups excluding carboxylic acids is 1. The number of H-pyrrole nitrogens is 1. The van der Waals surface area contributed by atoms with Crippen LogP contribution < -0.4 is 0 Å². The normalized spacial score (nSPS) is 18.2. The van der Waals surface area contributed by atoms with E-state index in [0.29, 0.717) is 17.9 Å². The molecule has 7 heteroatoms. The van der Waals surface area contributed by atoms with Crippen molar-refractivity contribution in [3.8, 4) is 0 Å². The van der Waals surface area contributed by atoms with E-state index in [0.717, 1.165) is 25.1 Å². The number of amides is 1. The number of likely N-dealkylation sites (tertiary alicyclic amines) is 1. The molecule has 1 atom stereocenters. The molecular weight excluding hydrogens is 319 g/mol. The van der Waals surface area contributed by atoms with Gasteiger partial charge < -0.3 is 4.90 Å². The molecule has 0 aliphatic carbocycles. The van der Waals surface area contributed by atoms with E-state index in [4.69, 9.17) is 11.6 Å². The van der Waals surface area contributed by atoms with Crippen molar-refractivity contribution >= 4 is 17.5 Å². The molecule has 1 fully saturated rings. The van der Waals surface area contributed by atoms with Crippen molar-refractivity contribution in [2.24, 2.45) is 0 Å². The van der Waals surface area contributed by atoms with E-state index in [1.165, 1.54) is 12.1 Å². The number of hydrogen-bond acceptors (Lipinski definition) is 3. The van der Waals surface area contributed by atoms with Crippen LogP contribution in [0.5, 0.6) is 0 Å². The number of halogens is 2. The van der Waals surface area contributed by atoms with E-state index < -0.39 is 5.82 Å². The summed E-state index contributed by atoms with van der Waals surface area (Å²) in [4.78, 5) is 18.9. The van der Waals surface area contributed by atoms with E-state index in [1.54, 1.807) is 6.07 Å². The fourth-order valence-corrected chi connectivity index (χ4v) is 3.17. The van der Waals surface area contributed by atoms with Crippen LogP contribution in [0, 0.1) is 12.7 Å². The predicted molar refractivity (Wildman–Crippen MR) is 84.5 cm³/mol. The Balaban J connectivity index is 1.78. The van der Waals surface area contributed by atoms with Crippen molar-refractivity contribution in [3.05, 3.63) is 46.3 Å². The van der Waals surface area contributed by atoms with Crippen LogP contribution in [-0.4, -0.2) is 32.5 Å². The van der Waals surface area contributed by atoms with Gasteiger partial charge in [0.1, 0.15) is 11.6 Å². The highest BCUT2D eigenvalue weighted by Gasteiger charge is 2.30. The van der Waals surface area contributed by atoms with Gasteiger partial charge in [0.15, 0.2) is 5.82 Å². The van der Waals surface area contributed by atoms with Gasteiger partial charge in [0.2, 0.25) is 5.91 Å². The van der Waals surface area contributed by atoms with Crippen LogP contribution in [0.2, 0.25) is 5.02 Å². The maximum Gasteiger partial charge on any atom is 0.227 e. The summed E-state index contributed by atoms with van der Waals surface area (Å²) in [6.45, 7) is 2.51. The van der Waals surface area contributed by atoms with Crippen LogP contribution in [0.25, 0.3) is 0 Å². The summed E-state index contributed by atoms with van der Waals surface area (Å²) < 4.78 is 13.1. The lowest BCUT2D eigenvalue weighted by Gasteiger charge is -2.34. The molecule has 0 radical (unpaired) electrons. The number of carbonyl (C=O) groups is 1. The smallest absolute Gasteiger partial charge is 0.227 e. The van der Waals surface area contributed by atoms with Crippen molar-refractivity contribution in [1.82, 2.24) is 20.1 Å². The molecule has 122 valence electrons. The van der Waals surface area contributed by atoms with Gasteiger partial charge in [0, 0.05) is 11.6 Å². The first-order valence-corrected chi connectivity index (χ1v) is 8.04. The fourth-order valence-electron chi connectivity index (χ4n) is 2.94. The van der Waals surface area contributed by atoms with E-state index >= 15 is 0 Å². The SMILES string of the molecule is Cc1nc(C2CCCCN2C(=O)Cc2ccc(F)cc2Cl)n[nH]1. The maximum absolute atomic E-state index is 13.1.